The monoisotopic (exact) mass is 201 g/mol. The maximum absolute atomic E-state index is 11.7. The molecule has 2 unspecified atom stereocenters. The third kappa shape index (κ3) is 1.49. The number of piperidine rings is 1. The summed E-state index contributed by atoms with van der Waals surface area (Å²) in [6.07, 6.45) is 2.20. The molecule has 0 N–H and O–H groups in total. The van der Waals surface area contributed by atoms with E-state index in [-0.39, 0.29) is 6.04 Å². The number of likely N-dealkylation sites (tertiary alicyclic amines) is 1. The van der Waals surface area contributed by atoms with Crippen molar-refractivity contribution >= 4 is 5.78 Å². The molecule has 15 heavy (non-hydrogen) atoms. The van der Waals surface area contributed by atoms with Crippen molar-refractivity contribution in [2.75, 3.05) is 6.54 Å². The van der Waals surface area contributed by atoms with E-state index < -0.39 is 0 Å². The summed E-state index contributed by atoms with van der Waals surface area (Å²) in [4.78, 5) is 14.1. The van der Waals surface area contributed by atoms with E-state index in [4.69, 9.17) is 0 Å². The molecule has 0 spiro atoms. The topological polar surface area (TPSA) is 20.3 Å². The number of hydrogen-bond acceptors (Lipinski definition) is 2. The Kier molecular flexibility index (Phi) is 2.10. The Labute approximate surface area is 89.9 Å². The van der Waals surface area contributed by atoms with Crippen molar-refractivity contribution in [3.05, 3.63) is 35.9 Å². The van der Waals surface area contributed by atoms with Crippen molar-refractivity contribution < 1.29 is 4.79 Å². The summed E-state index contributed by atoms with van der Waals surface area (Å²) < 4.78 is 0. The van der Waals surface area contributed by atoms with Crippen LogP contribution in [-0.2, 0) is 11.3 Å². The van der Waals surface area contributed by atoms with Gasteiger partial charge in [-0.15, -0.1) is 0 Å². The Balaban J connectivity index is 1.74. The largest absolute Gasteiger partial charge is 0.298 e. The molecule has 1 aliphatic carbocycles. The van der Waals surface area contributed by atoms with Crippen molar-refractivity contribution in [3.8, 4) is 0 Å². The maximum Gasteiger partial charge on any atom is 0.154 e. The van der Waals surface area contributed by atoms with Gasteiger partial charge in [-0.25, -0.2) is 0 Å². The quantitative estimate of drug-likeness (QED) is 0.727. The summed E-state index contributed by atoms with van der Waals surface area (Å²) in [5, 5.41) is 0. The van der Waals surface area contributed by atoms with E-state index in [0.717, 1.165) is 25.9 Å². The van der Waals surface area contributed by atoms with Crippen molar-refractivity contribution in [1.29, 1.82) is 0 Å². The van der Waals surface area contributed by atoms with Gasteiger partial charge in [0.2, 0.25) is 0 Å². The third-order valence-electron chi connectivity index (χ3n) is 3.64. The molecule has 3 rings (SSSR count). The van der Waals surface area contributed by atoms with Crippen LogP contribution in [0.4, 0.5) is 0 Å². The van der Waals surface area contributed by atoms with Crippen LogP contribution in [0, 0.1) is 5.92 Å². The van der Waals surface area contributed by atoms with Gasteiger partial charge in [0.1, 0.15) is 0 Å². The summed E-state index contributed by atoms with van der Waals surface area (Å²) in [5.74, 6) is 0.838. The lowest BCUT2D eigenvalue weighted by Gasteiger charge is -2.24. The molecular formula is C13H15NO. The zero-order valence-electron chi connectivity index (χ0n) is 8.73. The fourth-order valence-corrected chi connectivity index (χ4v) is 2.86. The van der Waals surface area contributed by atoms with Gasteiger partial charge in [-0.05, 0) is 18.4 Å². The molecule has 2 heteroatoms. The molecule has 2 atom stereocenters. The number of rotatable bonds is 2. The van der Waals surface area contributed by atoms with Crippen LogP contribution in [0.25, 0.3) is 0 Å². The predicted octanol–water partition coefficient (Wildman–Crippen LogP) is 1.85. The lowest BCUT2D eigenvalue weighted by molar-refractivity contribution is -0.120. The Morgan fingerprint density at radius 1 is 1.20 bits per heavy atom. The molecule has 1 aromatic rings. The average molecular weight is 201 g/mol. The molecule has 2 aliphatic rings. The Bertz CT molecular complexity index is 373. The number of nitrogens with zero attached hydrogens (tertiary/aromatic N) is 1. The van der Waals surface area contributed by atoms with E-state index in [0.29, 0.717) is 11.7 Å². The third-order valence-corrected chi connectivity index (χ3v) is 3.64. The van der Waals surface area contributed by atoms with Gasteiger partial charge < -0.3 is 0 Å². The van der Waals surface area contributed by atoms with E-state index in [1.807, 2.05) is 6.07 Å². The summed E-state index contributed by atoms with van der Waals surface area (Å²) in [6.45, 7) is 1.92. The number of carbonyl (C=O) groups is 1. The maximum atomic E-state index is 11.7. The molecule has 0 aromatic heterocycles. The molecule has 1 aliphatic heterocycles. The van der Waals surface area contributed by atoms with E-state index in [1.54, 1.807) is 0 Å². The minimum Gasteiger partial charge on any atom is -0.298 e. The summed E-state index contributed by atoms with van der Waals surface area (Å²) >= 11 is 0. The zero-order valence-corrected chi connectivity index (χ0v) is 8.73. The Morgan fingerprint density at radius 3 is 2.60 bits per heavy atom. The second-order valence-corrected chi connectivity index (χ2v) is 4.61. The first-order valence-electron chi connectivity index (χ1n) is 5.66. The Hall–Kier alpha value is -1.15. The van der Waals surface area contributed by atoms with E-state index in [2.05, 4.69) is 29.2 Å². The first-order valence-corrected chi connectivity index (χ1v) is 5.66. The predicted molar refractivity (Wildman–Crippen MR) is 58.4 cm³/mol. The van der Waals surface area contributed by atoms with E-state index in [1.165, 1.54) is 5.56 Å². The molecule has 0 amide bonds. The first kappa shape index (κ1) is 9.10. The second kappa shape index (κ2) is 3.46. The minimum atomic E-state index is 0.232. The van der Waals surface area contributed by atoms with Gasteiger partial charge in [0.15, 0.2) is 5.78 Å². The zero-order chi connectivity index (χ0) is 10.3. The molecule has 0 radical (unpaired) electrons. The number of fused-ring (bicyclic) bond motifs is 2. The van der Waals surface area contributed by atoms with Gasteiger partial charge in [-0.3, -0.25) is 9.69 Å². The number of benzene rings is 1. The van der Waals surface area contributed by atoms with Crippen molar-refractivity contribution in [2.24, 2.45) is 5.92 Å². The van der Waals surface area contributed by atoms with Gasteiger partial charge >= 0.3 is 0 Å². The van der Waals surface area contributed by atoms with E-state index >= 15 is 0 Å². The van der Waals surface area contributed by atoms with Gasteiger partial charge in [-0.1, -0.05) is 30.3 Å². The lowest BCUT2D eigenvalue weighted by atomic mass is 10.1. The summed E-state index contributed by atoms with van der Waals surface area (Å²) in [6, 6.07) is 10.7. The molecule has 78 valence electrons. The molecule has 2 fully saturated rings. The molecule has 1 heterocycles. The summed E-state index contributed by atoms with van der Waals surface area (Å²) in [5.41, 5.74) is 1.32. The number of ketones is 1. The van der Waals surface area contributed by atoms with Crippen molar-refractivity contribution in [3.63, 3.8) is 0 Å². The smallest absolute Gasteiger partial charge is 0.154 e. The second-order valence-electron chi connectivity index (χ2n) is 4.61. The van der Waals surface area contributed by atoms with Crippen molar-refractivity contribution in [1.82, 2.24) is 4.90 Å². The van der Waals surface area contributed by atoms with Gasteiger partial charge in [0.05, 0.1) is 6.04 Å². The first-order chi connectivity index (χ1) is 7.34. The van der Waals surface area contributed by atoms with E-state index in [9.17, 15) is 4.79 Å². The van der Waals surface area contributed by atoms with Gasteiger partial charge in [-0.2, -0.15) is 0 Å². The van der Waals surface area contributed by atoms with Crippen LogP contribution < -0.4 is 0 Å². The highest BCUT2D eigenvalue weighted by atomic mass is 16.1. The molecule has 2 nitrogen and oxygen atoms in total. The van der Waals surface area contributed by atoms with Crippen LogP contribution in [0.3, 0.4) is 0 Å². The highest BCUT2D eigenvalue weighted by Crippen LogP contribution is 2.35. The van der Waals surface area contributed by atoms with Crippen LogP contribution in [0.15, 0.2) is 30.3 Å². The normalized spacial score (nSPS) is 30.0. The molecular weight excluding hydrogens is 186 g/mol. The van der Waals surface area contributed by atoms with Gasteiger partial charge in [0, 0.05) is 19.0 Å². The SMILES string of the molecule is O=C1C2CCC1N(Cc1ccccc1)C2. The number of hydrogen-bond donors (Lipinski definition) is 0. The fourth-order valence-electron chi connectivity index (χ4n) is 2.86. The molecule has 1 saturated carbocycles. The fraction of sp³-hybridized carbons (Fsp3) is 0.462. The van der Waals surface area contributed by atoms with Crippen LogP contribution in [0.1, 0.15) is 18.4 Å². The Morgan fingerprint density at radius 2 is 2.00 bits per heavy atom. The highest BCUT2D eigenvalue weighted by Gasteiger charge is 2.45. The highest BCUT2D eigenvalue weighted by molar-refractivity contribution is 5.90. The molecule has 2 bridgehead atoms. The van der Waals surface area contributed by atoms with Gasteiger partial charge in [0.25, 0.3) is 0 Å². The summed E-state index contributed by atoms with van der Waals surface area (Å²) in [7, 11) is 0. The standard InChI is InChI=1S/C13H15NO/c15-13-11-6-7-12(13)14(9-11)8-10-4-2-1-3-5-10/h1-5,11-12H,6-9H2. The minimum absolute atomic E-state index is 0.232. The van der Waals surface area contributed by atoms with Crippen LogP contribution in [0.2, 0.25) is 0 Å². The number of Topliss-reactive ketones (excluding diaryl/α,β-unsaturated/α-hetero) is 1. The van der Waals surface area contributed by atoms with Crippen LogP contribution >= 0.6 is 0 Å². The molecule has 1 aromatic carbocycles. The van der Waals surface area contributed by atoms with Crippen LogP contribution in [-0.4, -0.2) is 23.3 Å². The van der Waals surface area contributed by atoms with Crippen LogP contribution in [0.5, 0.6) is 0 Å². The van der Waals surface area contributed by atoms with Crippen molar-refractivity contribution in [2.45, 2.75) is 25.4 Å². The lowest BCUT2D eigenvalue weighted by Crippen LogP contribution is -2.32. The average Bonchev–Trinajstić information content (AvgIpc) is 2.75. The number of carbonyl (C=O) groups excluding carboxylic acids is 1. The molecule has 1 saturated heterocycles.